The third-order valence-electron chi connectivity index (χ3n) is 3.23. The van der Waals surface area contributed by atoms with E-state index >= 15 is 0 Å². The van der Waals surface area contributed by atoms with E-state index in [2.05, 4.69) is 15.5 Å². The number of carbonyl (C=O) groups is 1. The molecule has 0 N–H and O–H groups in total. The first-order chi connectivity index (χ1) is 9.84. The molecule has 5 nitrogen and oxygen atoms in total. The summed E-state index contributed by atoms with van der Waals surface area (Å²) in [6, 6.07) is 9.94. The molecule has 1 heterocycles. The molecule has 0 aliphatic heterocycles. The summed E-state index contributed by atoms with van der Waals surface area (Å²) in [7, 11) is 0. The molecule has 0 saturated heterocycles. The van der Waals surface area contributed by atoms with Crippen molar-refractivity contribution in [3.63, 3.8) is 0 Å². The Labute approximate surface area is 121 Å². The molecule has 0 bridgehead atoms. The van der Waals surface area contributed by atoms with Gasteiger partial charge in [0, 0.05) is 17.7 Å². The van der Waals surface area contributed by atoms with Crippen molar-refractivity contribution in [1.82, 2.24) is 20.2 Å². The standard InChI is InChI=1S/C14H16N4OS/c19-13(11-5-2-1-3-6-11)7-4-10-20-14-15-16-17-18(14)12-8-9-12/h1-3,5-6,12H,4,7-10H2. The molecular weight excluding hydrogens is 272 g/mol. The molecule has 1 aliphatic carbocycles. The molecule has 6 heteroatoms. The average Bonchev–Trinajstić information content (AvgIpc) is 3.23. The number of rotatable bonds is 7. The lowest BCUT2D eigenvalue weighted by atomic mass is 10.1. The van der Waals surface area contributed by atoms with Gasteiger partial charge in [0.05, 0.1) is 6.04 Å². The lowest BCUT2D eigenvalue weighted by Crippen LogP contribution is -2.01. The van der Waals surface area contributed by atoms with E-state index in [1.807, 2.05) is 35.0 Å². The third kappa shape index (κ3) is 3.25. The second-order valence-corrected chi connectivity index (χ2v) is 5.94. The molecule has 1 aromatic heterocycles. The van der Waals surface area contributed by atoms with Gasteiger partial charge in [-0.15, -0.1) is 5.10 Å². The second kappa shape index (κ2) is 6.17. The SMILES string of the molecule is O=C(CCCSc1nnnn1C1CC1)c1ccccc1. The number of nitrogens with zero attached hydrogens (tertiary/aromatic N) is 4. The first kappa shape index (κ1) is 13.3. The normalized spacial score (nSPS) is 14.4. The van der Waals surface area contributed by atoms with E-state index in [1.54, 1.807) is 11.8 Å². The molecule has 1 fully saturated rings. The summed E-state index contributed by atoms with van der Waals surface area (Å²) in [4.78, 5) is 11.9. The maximum atomic E-state index is 11.9. The monoisotopic (exact) mass is 288 g/mol. The van der Waals surface area contributed by atoms with Crippen molar-refractivity contribution in [3.8, 4) is 0 Å². The zero-order valence-electron chi connectivity index (χ0n) is 11.1. The van der Waals surface area contributed by atoms with Crippen LogP contribution in [0.4, 0.5) is 0 Å². The van der Waals surface area contributed by atoms with E-state index in [9.17, 15) is 4.79 Å². The van der Waals surface area contributed by atoms with Gasteiger partial charge in [0.2, 0.25) is 5.16 Å². The van der Waals surface area contributed by atoms with E-state index in [-0.39, 0.29) is 5.78 Å². The fourth-order valence-electron chi connectivity index (χ4n) is 1.99. The van der Waals surface area contributed by atoms with Crippen molar-refractivity contribution >= 4 is 17.5 Å². The fraction of sp³-hybridized carbons (Fsp3) is 0.429. The second-order valence-electron chi connectivity index (χ2n) is 4.88. The molecule has 0 unspecified atom stereocenters. The van der Waals surface area contributed by atoms with Gasteiger partial charge in [-0.1, -0.05) is 42.1 Å². The molecule has 20 heavy (non-hydrogen) atoms. The number of ketones is 1. The van der Waals surface area contributed by atoms with Gasteiger partial charge in [-0.3, -0.25) is 4.79 Å². The fourth-order valence-corrected chi connectivity index (χ4v) is 2.88. The lowest BCUT2D eigenvalue weighted by molar-refractivity contribution is 0.0982. The van der Waals surface area contributed by atoms with Crippen LogP contribution in [0.1, 0.15) is 42.1 Å². The number of aromatic nitrogens is 4. The zero-order chi connectivity index (χ0) is 13.8. The molecule has 0 radical (unpaired) electrons. The maximum absolute atomic E-state index is 11.9. The highest BCUT2D eigenvalue weighted by atomic mass is 32.2. The Kier molecular flexibility index (Phi) is 4.11. The van der Waals surface area contributed by atoms with Gasteiger partial charge in [-0.25, -0.2) is 4.68 Å². The van der Waals surface area contributed by atoms with Crippen molar-refractivity contribution in [3.05, 3.63) is 35.9 Å². The van der Waals surface area contributed by atoms with Gasteiger partial charge in [0.15, 0.2) is 5.78 Å². The zero-order valence-corrected chi connectivity index (χ0v) is 11.9. The highest BCUT2D eigenvalue weighted by Crippen LogP contribution is 2.36. The highest BCUT2D eigenvalue weighted by Gasteiger charge is 2.27. The predicted octanol–water partition coefficient (Wildman–Crippen LogP) is 2.76. The van der Waals surface area contributed by atoms with Gasteiger partial charge >= 0.3 is 0 Å². The number of thioether (sulfide) groups is 1. The van der Waals surface area contributed by atoms with Crippen LogP contribution < -0.4 is 0 Å². The van der Waals surface area contributed by atoms with Gasteiger partial charge in [0.1, 0.15) is 0 Å². The number of hydrogen-bond donors (Lipinski definition) is 0. The van der Waals surface area contributed by atoms with Crippen LogP contribution in [-0.4, -0.2) is 31.7 Å². The lowest BCUT2D eigenvalue weighted by Gasteiger charge is -2.02. The predicted molar refractivity (Wildman–Crippen MR) is 76.8 cm³/mol. The Morgan fingerprint density at radius 1 is 1.30 bits per heavy atom. The van der Waals surface area contributed by atoms with Crippen molar-refractivity contribution in [1.29, 1.82) is 0 Å². The van der Waals surface area contributed by atoms with Crippen LogP contribution >= 0.6 is 11.8 Å². The van der Waals surface area contributed by atoms with Gasteiger partial charge < -0.3 is 0 Å². The molecule has 1 aliphatic rings. The number of hydrogen-bond acceptors (Lipinski definition) is 5. The van der Waals surface area contributed by atoms with Crippen LogP contribution in [0.3, 0.4) is 0 Å². The van der Waals surface area contributed by atoms with E-state index in [4.69, 9.17) is 0 Å². The summed E-state index contributed by atoms with van der Waals surface area (Å²) in [6.07, 6.45) is 3.76. The van der Waals surface area contributed by atoms with Crippen LogP contribution in [0.15, 0.2) is 35.5 Å². The number of tetrazole rings is 1. The van der Waals surface area contributed by atoms with Crippen LogP contribution in [-0.2, 0) is 0 Å². The molecule has 0 atom stereocenters. The van der Waals surface area contributed by atoms with E-state index in [1.165, 1.54) is 12.8 Å². The minimum atomic E-state index is 0.202. The molecule has 1 aromatic carbocycles. The minimum absolute atomic E-state index is 0.202. The molecular formula is C14H16N4OS. The van der Waals surface area contributed by atoms with Crippen molar-refractivity contribution < 1.29 is 4.79 Å². The summed E-state index contributed by atoms with van der Waals surface area (Å²) in [5.41, 5.74) is 0.792. The Bertz CT molecular complexity index is 580. The largest absolute Gasteiger partial charge is 0.294 e. The molecule has 0 spiro atoms. The van der Waals surface area contributed by atoms with Crippen LogP contribution in [0.2, 0.25) is 0 Å². The first-order valence-corrected chi connectivity index (χ1v) is 7.82. The van der Waals surface area contributed by atoms with Crippen molar-refractivity contribution in [2.75, 3.05) is 5.75 Å². The Hall–Kier alpha value is -1.69. The molecule has 1 saturated carbocycles. The number of carbonyl (C=O) groups excluding carboxylic acids is 1. The summed E-state index contributed by atoms with van der Waals surface area (Å²) in [5, 5.41) is 12.6. The summed E-state index contributed by atoms with van der Waals surface area (Å²) in [5.74, 6) is 1.07. The third-order valence-corrected chi connectivity index (χ3v) is 4.25. The van der Waals surface area contributed by atoms with E-state index in [0.29, 0.717) is 12.5 Å². The van der Waals surface area contributed by atoms with Crippen molar-refractivity contribution in [2.45, 2.75) is 36.9 Å². The summed E-state index contributed by atoms with van der Waals surface area (Å²) < 4.78 is 1.91. The molecule has 2 aromatic rings. The van der Waals surface area contributed by atoms with Gasteiger partial charge in [0.25, 0.3) is 0 Å². The van der Waals surface area contributed by atoms with Gasteiger partial charge in [-0.2, -0.15) is 0 Å². The van der Waals surface area contributed by atoms with E-state index in [0.717, 1.165) is 22.9 Å². The molecule has 104 valence electrons. The van der Waals surface area contributed by atoms with E-state index < -0.39 is 0 Å². The summed E-state index contributed by atoms with van der Waals surface area (Å²) in [6.45, 7) is 0. The summed E-state index contributed by atoms with van der Waals surface area (Å²) >= 11 is 1.63. The van der Waals surface area contributed by atoms with Gasteiger partial charge in [-0.05, 0) is 29.7 Å². The first-order valence-electron chi connectivity index (χ1n) is 6.83. The Balaban J connectivity index is 1.44. The van der Waals surface area contributed by atoms with Crippen LogP contribution in [0.5, 0.6) is 0 Å². The van der Waals surface area contributed by atoms with Crippen LogP contribution in [0.25, 0.3) is 0 Å². The molecule has 3 rings (SSSR count). The molecule has 0 amide bonds. The van der Waals surface area contributed by atoms with Crippen LogP contribution in [0, 0.1) is 0 Å². The number of Topliss-reactive ketones (excluding diaryl/α,β-unsaturated/α-hetero) is 1. The smallest absolute Gasteiger partial charge is 0.209 e. The van der Waals surface area contributed by atoms with Crippen molar-refractivity contribution in [2.24, 2.45) is 0 Å². The topological polar surface area (TPSA) is 60.7 Å². The minimum Gasteiger partial charge on any atom is -0.294 e. The maximum Gasteiger partial charge on any atom is 0.209 e. The quantitative estimate of drug-likeness (QED) is 0.445. The Morgan fingerprint density at radius 3 is 2.85 bits per heavy atom. The average molecular weight is 288 g/mol. The number of benzene rings is 1. The Morgan fingerprint density at radius 2 is 2.10 bits per heavy atom. The highest BCUT2D eigenvalue weighted by molar-refractivity contribution is 7.99.